The molecule has 0 amide bonds. The van der Waals surface area contributed by atoms with Crippen molar-refractivity contribution >= 4 is 5.57 Å². The van der Waals surface area contributed by atoms with Crippen molar-refractivity contribution in [1.82, 2.24) is 0 Å². The molecule has 0 saturated heterocycles. The highest BCUT2D eigenvalue weighted by Crippen LogP contribution is 2.46. The predicted molar refractivity (Wildman–Crippen MR) is 89.7 cm³/mol. The molecule has 0 nitrogen and oxygen atoms in total. The Morgan fingerprint density at radius 1 is 0.800 bits per heavy atom. The van der Waals surface area contributed by atoms with E-state index in [0.717, 1.165) is 6.42 Å². The molecule has 0 fully saturated rings. The van der Waals surface area contributed by atoms with Gasteiger partial charge in [-0.25, -0.2) is 0 Å². The maximum Gasteiger partial charge on any atom is -0.00854 e. The molecule has 0 unspecified atom stereocenters. The average Bonchev–Trinajstić information content (AvgIpc) is 2.74. The Morgan fingerprint density at radius 3 is 1.80 bits per heavy atom. The van der Waals surface area contributed by atoms with Crippen LogP contribution in [0, 0.1) is 17.8 Å². The minimum Gasteiger partial charge on any atom is -0.0601 e. The number of aryl methyl sites for hydroxylation is 1. The quantitative estimate of drug-likeness (QED) is 0.571. The molecule has 0 aliphatic heterocycles. The third-order valence-corrected chi connectivity index (χ3v) is 4.24. The molecular formula is C20H28. The lowest BCUT2D eigenvalue weighted by Crippen LogP contribution is -2.13. The lowest BCUT2D eigenvalue weighted by molar-refractivity contribution is 0.458. The minimum absolute atomic E-state index is 0.226. The molecule has 108 valence electrons. The van der Waals surface area contributed by atoms with Gasteiger partial charge in [0.05, 0.1) is 0 Å². The highest BCUT2D eigenvalue weighted by molar-refractivity contribution is 5.81. The standard InChI is InChI=1S/C20H28/c1-14-8-10-15(11-9-14)17-12-16(19(2,3)4)13-18(17)20(5,6)7/h8-12H,13H2,1-7H3. The number of benzene rings is 1. The molecular weight excluding hydrogens is 240 g/mol. The van der Waals surface area contributed by atoms with Gasteiger partial charge >= 0.3 is 0 Å². The summed E-state index contributed by atoms with van der Waals surface area (Å²) < 4.78 is 0. The number of hydrogen-bond acceptors (Lipinski definition) is 0. The van der Waals surface area contributed by atoms with Crippen LogP contribution in [0.25, 0.3) is 5.57 Å². The Balaban J connectivity index is 2.51. The zero-order valence-electron chi connectivity index (χ0n) is 14.1. The largest absolute Gasteiger partial charge is 0.0601 e. The van der Waals surface area contributed by atoms with E-state index < -0.39 is 0 Å². The topological polar surface area (TPSA) is 0 Å². The van der Waals surface area contributed by atoms with E-state index in [1.807, 2.05) is 0 Å². The second-order valence-electron chi connectivity index (χ2n) is 8.10. The van der Waals surface area contributed by atoms with Gasteiger partial charge in [-0.1, -0.05) is 88.6 Å². The molecule has 0 radical (unpaired) electrons. The summed E-state index contributed by atoms with van der Waals surface area (Å²) in [5.74, 6) is 0. The van der Waals surface area contributed by atoms with Crippen molar-refractivity contribution in [3.05, 3.63) is 52.6 Å². The van der Waals surface area contributed by atoms with Crippen LogP contribution >= 0.6 is 0 Å². The molecule has 0 heteroatoms. The van der Waals surface area contributed by atoms with Crippen LogP contribution in [0.4, 0.5) is 0 Å². The average molecular weight is 268 g/mol. The zero-order chi connectivity index (χ0) is 15.1. The molecule has 2 rings (SSSR count). The molecule has 0 saturated carbocycles. The van der Waals surface area contributed by atoms with Gasteiger partial charge < -0.3 is 0 Å². The van der Waals surface area contributed by atoms with Gasteiger partial charge in [-0.05, 0) is 35.3 Å². The van der Waals surface area contributed by atoms with Crippen LogP contribution in [0.3, 0.4) is 0 Å². The van der Waals surface area contributed by atoms with Gasteiger partial charge in [0, 0.05) is 0 Å². The van der Waals surface area contributed by atoms with Gasteiger partial charge in [0.25, 0.3) is 0 Å². The summed E-state index contributed by atoms with van der Waals surface area (Å²) in [6.07, 6.45) is 3.56. The Morgan fingerprint density at radius 2 is 1.35 bits per heavy atom. The van der Waals surface area contributed by atoms with Crippen molar-refractivity contribution in [2.45, 2.75) is 54.9 Å². The van der Waals surface area contributed by atoms with Gasteiger partial charge in [0.2, 0.25) is 0 Å². The van der Waals surface area contributed by atoms with Crippen molar-refractivity contribution in [1.29, 1.82) is 0 Å². The monoisotopic (exact) mass is 268 g/mol. The van der Waals surface area contributed by atoms with Crippen molar-refractivity contribution in [2.75, 3.05) is 0 Å². The predicted octanol–water partition coefficient (Wildman–Crippen LogP) is 6.17. The van der Waals surface area contributed by atoms with Gasteiger partial charge in [0.15, 0.2) is 0 Å². The second-order valence-corrected chi connectivity index (χ2v) is 8.10. The van der Waals surface area contributed by atoms with Crippen molar-refractivity contribution in [3.63, 3.8) is 0 Å². The normalized spacial score (nSPS) is 16.6. The third kappa shape index (κ3) is 3.06. The molecule has 0 N–H and O–H groups in total. The van der Waals surface area contributed by atoms with E-state index >= 15 is 0 Å². The molecule has 1 aromatic carbocycles. The van der Waals surface area contributed by atoms with Crippen molar-refractivity contribution in [2.24, 2.45) is 10.8 Å². The minimum atomic E-state index is 0.226. The fourth-order valence-electron chi connectivity index (χ4n) is 2.74. The number of rotatable bonds is 1. The molecule has 0 aromatic heterocycles. The van der Waals surface area contributed by atoms with E-state index in [1.165, 1.54) is 16.7 Å². The summed E-state index contributed by atoms with van der Waals surface area (Å²) in [6, 6.07) is 8.95. The highest BCUT2D eigenvalue weighted by Gasteiger charge is 2.30. The summed E-state index contributed by atoms with van der Waals surface area (Å²) in [5.41, 5.74) is 7.74. The maximum absolute atomic E-state index is 2.44. The van der Waals surface area contributed by atoms with E-state index in [2.05, 4.69) is 78.8 Å². The van der Waals surface area contributed by atoms with E-state index in [9.17, 15) is 0 Å². The van der Waals surface area contributed by atoms with Crippen molar-refractivity contribution in [3.8, 4) is 0 Å². The molecule has 20 heavy (non-hydrogen) atoms. The number of allylic oxidation sites excluding steroid dienone is 4. The third-order valence-electron chi connectivity index (χ3n) is 4.24. The summed E-state index contributed by atoms with van der Waals surface area (Å²) >= 11 is 0. The van der Waals surface area contributed by atoms with Crippen LogP contribution in [0.5, 0.6) is 0 Å². The van der Waals surface area contributed by atoms with Crippen LogP contribution in [0.15, 0.2) is 41.5 Å². The van der Waals surface area contributed by atoms with Crippen LogP contribution in [0.2, 0.25) is 0 Å². The van der Waals surface area contributed by atoms with Crippen LogP contribution < -0.4 is 0 Å². The summed E-state index contributed by atoms with van der Waals surface area (Å²) in [6.45, 7) is 16.1. The summed E-state index contributed by atoms with van der Waals surface area (Å²) in [5, 5.41) is 0. The first-order valence-corrected chi connectivity index (χ1v) is 7.61. The van der Waals surface area contributed by atoms with Gasteiger partial charge in [0.1, 0.15) is 0 Å². The van der Waals surface area contributed by atoms with Gasteiger partial charge in [-0.2, -0.15) is 0 Å². The SMILES string of the molecule is Cc1ccc(C2=C(C(C)(C)C)CC(C(C)(C)C)=C2)cc1. The van der Waals surface area contributed by atoms with E-state index in [0.29, 0.717) is 0 Å². The lowest BCUT2D eigenvalue weighted by Gasteiger charge is -2.26. The van der Waals surface area contributed by atoms with E-state index in [4.69, 9.17) is 0 Å². The molecule has 1 aliphatic rings. The summed E-state index contributed by atoms with van der Waals surface area (Å²) in [4.78, 5) is 0. The first-order valence-electron chi connectivity index (χ1n) is 7.61. The Labute approximate surface area is 124 Å². The molecule has 0 atom stereocenters. The van der Waals surface area contributed by atoms with Crippen LogP contribution in [-0.2, 0) is 0 Å². The first-order chi connectivity index (χ1) is 9.09. The summed E-state index contributed by atoms with van der Waals surface area (Å²) in [7, 11) is 0. The highest BCUT2D eigenvalue weighted by atomic mass is 14.3. The zero-order valence-corrected chi connectivity index (χ0v) is 14.1. The molecule has 1 aliphatic carbocycles. The van der Waals surface area contributed by atoms with Crippen molar-refractivity contribution < 1.29 is 0 Å². The first kappa shape index (κ1) is 15.1. The Hall–Kier alpha value is -1.30. The smallest absolute Gasteiger partial charge is 0.00854 e. The van der Waals surface area contributed by atoms with Crippen LogP contribution in [-0.4, -0.2) is 0 Å². The lowest BCUT2D eigenvalue weighted by atomic mass is 9.79. The molecule has 0 heterocycles. The molecule has 0 spiro atoms. The van der Waals surface area contributed by atoms with E-state index in [1.54, 1.807) is 11.1 Å². The molecule has 1 aromatic rings. The number of hydrogen-bond donors (Lipinski definition) is 0. The maximum atomic E-state index is 2.44. The molecule has 0 bridgehead atoms. The van der Waals surface area contributed by atoms with Crippen LogP contribution in [0.1, 0.15) is 59.1 Å². The Kier molecular flexibility index (Phi) is 3.71. The Bertz CT molecular complexity index is 552. The van der Waals surface area contributed by atoms with Gasteiger partial charge in [-0.15, -0.1) is 0 Å². The van der Waals surface area contributed by atoms with E-state index in [-0.39, 0.29) is 10.8 Å². The fraction of sp³-hybridized carbons (Fsp3) is 0.500. The fourth-order valence-corrected chi connectivity index (χ4v) is 2.74. The second kappa shape index (κ2) is 4.91. The van der Waals surface area contributed by atoms with Gasteiger partial charge in [-0.3, -0.25) is 0 Å².